The lowest BCUT2D eigenvalue weighted by Crippen LogP contribution is -2.14. The molecule has 1 amide bonds. The fraction of sp³-hybridized carbons (Fsp3) is 0.0769. The summed E-state index contributed by atoms with van der Waals surface area (Å²) in [5.74, 6) is -0.278. The number of anilines is 2. The number of rotatable bonds is 2. The third kappa shape index (κ3) is 2.60. The quantitative estimate of drug-likeness (QED) is 0.817. The Bertz CT molecular complexity index is 599. The van der Waals surface area contributed by atoms with Crippen molar-refractivity contribution >= 4 is 28.9 Å². The summed E-state index contributed by atoms with van der Waals surface area (Å²) in [5.41, 5.74) is 8.09. The highest BCUT2D eigenvalue weighted by Crippen LogP contribution is 2.20. The first kappa shape index (κ1) is 12.4. The second-order valence-electron chi connectivity index (χ2n) is 3.88. The second-order valence-corrected chi connectivity index (χ2v) is 4.31. The van der Waals surface area contributed by atoms with E-state index in [0.29, 0.717) is 22.0 Å². The maximum Gasteiger partial charge on any atom is 0.257 e. The zero-order valence-corrected chi connectivity index (χ0v) is 10.5. The maximum atomic E-state index is 12.0. The van der Waals surface area contributed by atoms with Crippen molar-refractivity contribution < 1.29 is 4.79 Å². The molecule has 0 unspecified atom stereocenters. The highest BCUT2D eigenvalue weighted by atomic mass is 35.5. The van der Waals surface area contributed by atoms with Gasteiger partial charge in [0.05, 0.1) is 17.4 Å². The molecule has 1 heterocycles. The van der Waals surface area contributed by atoms with E-state index in [1.165, 1.54) is 0 Å². The summed E-state index contributed by atoms with van der Waals surface area (Å²) >= 11 is 5.79. The minimum Gasteiger partial charge on any atom is -0.398 e. The van der Waals surface area contributed by atoms with Crippen LogP contribution in [0.15, 0.2) is 36.7 Å². The average Bonchev–Trinajstić information content (AvgIpc) is 2.32. The number of nitrogens with zero attached hydrogens (tertiary/aromatic N) is 1. The Morgan fingerprint density at radius 1 is 1.39 bits per heavy atom. The largest absolute Gasteiger partial charge is 0.398 e. The highest BCUT2D eigenvalue weighted by Gasteiger charge is 2.11. The molecule has 3 N–H and O–H groups in total. The van der Waals surface area contributed by atoms with Gasteiger partial charge >= 0.3 is 0 Å². The summed E-state index contributed by atoms with van der Waals surface area (Å²) < 4.78 is 0. The molecule has 0 spiro atoms. The van der Waals surface area contributed by atoms with Crippen molar-refractivity contribution in [2.24, 2.45) is 0 Å². The predicted octanol–water partition coefficient (Wildman–Crippen LogP) is 2.88. The standard InChI is InChI=1S/C13H12ClN3O/c1-8-4-5-16-7-12(8)17-13(18)10-3-2-9(14)6-11(10)15/h2-7H,15H2,1H3,(H,17,18). The van der Waals surface area contributed by atoms with Crippen LogP contribution in [0.25, 0.3) is 0 Å². The van der Waals surface area contributed by atoms with Gasteiger partial charge in [0.15, 0.2) is 0 Å². The average molecular weight is 262 g/mol. The Hall–Kier alpha value is -2.07. The van der Waals surface area contributed by atoms with Gasteiger partial charge in [-0.05, 0) is 36.8 Å². The summed E-state index contributed by atoms with van der Waals surface area (Å²) in [6.45, 7) is 1.89. The number of hydrogen-bond donors (Lipinski definition) is 2. The number of halogens is 1. The molecule has 2 aromatic rings. The number of hydrogen-bond acceptors (Lipinski definition) is 3. The molecule has 0 aliphatic rings. The van der Waals surface area contributed by atoms with E-state index in [9.17, 15) is 4.79 Å². The van der Waals surface area contributed by atoms with Crippen LogP contribution in [0.3, 0.4) is 0 Å². The van der Waals surface area contributed by atoms with Gasteiger partial charge in [0.1, 0.15) is 0 Å². The van der Waals surface area contributed by atoms with E-state index >= 15 is 0 Å². The highest BCUT2D eigenvalue weighted by molar-refractivity contribution is 6.31. The molecule has 4 nitrogen and oxygen atoms in total. The Kier molecular flexibility index (Phi) is 3.48. The van der Waals surface area contributed by atoms with Gasteiger partial charge in [-0.25, -0.2) is 0 Å². The lowest BCUT2D eigenvalue weighted by atomic mass is 10.1. The Morgan fingerprint density at radius 2 is 2.17 bits per heavy atom. The molecule has 2 rings (SSSR count). The Morgan fingerprint density at radius 3 is 2.83 bits per heavy atom. The monoisotopic (exact) mass is 261 g/mol. The molecule has 92 valence electrons. The molecular weight excluding hydrogens is 250 g/mol. The molecule has 0 saturated carbocycles. The normalized spacial score (nSPS) is 10.1. The molecule has 0 atom stereocenters. The van der Waals surface area contributed by atoms with Crippen LogP contribution >= 0.6 is 11.6 Å². The molecule has 0 aliphatic carbocycles. The summed E-state index contributed by atoms with van der Waals surface area (Å²) in [7, 11) is 0. The molecule has 0 bridgehead atoms. The number of amides is 1. The van der Waals surface area contributed by atoms with Gasteiger partial charge in [-0.15, -0.1) is 0 Å². The molecule has 18 heavy (non-hydrogen) atoms. The van der Waals surface area contributed by atoms with Crippen molar-refractivity contribution in [3.63, 3.8) is 0 Å². The fourth-order valence-electron chi connectivity index (χ4n) is 1.52. The van der Waals surface area contributed by atoms with Gasteiger partial charge in [-0.2, -0.15) is 0 Å². The third-order valence-corrected chi connectivity index (χ3v) is 2.78. The van der Waals surface area contributed by atoms with Crippen LogP contribution in [0.2, 0.25) is 5.02 Å². The van der Waals surface area contributed by atoms with Crippen LogP contribution in [-0.4, -0.2) is 10.9 Å². The van der Waals surface area contributed by atoms with E-state index in [1.54, 1.807) is 30.6 Å². The van der Waals surface area contributed by atoms with Crippen LogP contribution in [0.1, 0.15) is 15.9 Å². The summed E-state index contributed by atoms with van der Waals surface area (Å²) in [4.78, 5) is 16.0. The van der Waals surface area contributed by atoms with Crippen molar-refractivity contribution in [1.82, 2.24) is 4.98 Å². The van der Waals surface area contributed by atoms with Gasteiger partial charge < -0.3 is 11.1 Å². The van der Waals surface area contributed by atoms with Crippen molar-refractivity contribution in [3.05, 3.63) is 52.8 Å². The van der Waals surface area contributed by atoms with Crippen LogP contribution in [0, 0.1) is 6.92 Å². The summed E-state index contributed by atoms with van der Waals surface area (Å²) in [6, 6.07) is 6.59. The number of carbonyl (C=O) groups excluding carboxylic acids is 1. The van der Waals surface area contributed by atoms with E-state index in [1.807, 2.05) is 13.0 Å². The van der Waals surface area contributed by atoms with E-state index in [4.69, 9.17) is 17.3 Å². The van der Waals surface area contributed by atoms with Crippen molar-refractivity contribution in [2.45, 2.75) is 6.92 Å². The Labute approximate surface area is 110 Å². The van der Waals surface area contributed by atoms with Crippen LogP contribution in [0.5, 0.6) is 0 Å². The van der Waals surface area contributed by atoms with Crippen LogP contribution in [-0.2, 0) is 0 Å². The molecule has 5 heteroatoms. The van der Waals surface area contributed by atoms with Gasteiger partial charge in [-0.1, -0.05) is 11.6 Å². The summed E-state index contributed by atoms with van der Waals surface area (Å²) in [5, 5.41) is 3.26. The van der Waals surface area contributed by atoms with E-state index in [-0.39, 0.29) is 5.91 Å². The number of carbonyl (C=O) groups is 1. The Balaban J connectivity index is 2.25. The minimum atomic E-state index is -0.278. The fourth-order valence-corrected chi connectivity index (χ4v) is 1.71. The third-order valence-electron chi connectivity index (χ3n) is 2.55. The van der Waals surface area contributed by atoms with Gasteiger partial charge in [0.25, 0.3) is 5.91 Å². The SMILES string of the molecule is Cc1ccncc1NC(=O)c1ccc(Cl)cc1N. The van der Waals surface area contributed by atoms with Crippen molar-refractivity contribution in [3.8, 4) is 0 Å². The van der Waals surface area contributed by atoms with Crippen molar-refractivity contribution in [1.29, 1.82) is 0 Å². The molecule has 1 aromatic heterocycles. The van der Waals surface area contributed by atoms with E-state index in [2.05, 4.69) is 10.3 Å². The smallest absolute Gasteiger partial charge is 0.257 e. The molecule has 0 saturated heterocycles. The first-order valence-corrected chi connectivity index (χ1v) is 5.72. The number of nitrogens with one attached hydrogen (secondary N) is 1. The minimum absolute atomic E-state index is 0.278. The number of benzene rings is 1. The van der Waals surface area contributed by atoms with Gasteiger partial charge in [0, 0.05) is 16.9 Å². The number of aromatic nitrogens is 1. The van der Waals surface area contributed by atoms with Crippen molar-refractivity contribution in [2.75, 3.05) is 11.1 Å². The van der Waals surface area contributed by atoms with Gasteiger partial charge in [-0.3, -0.25) is 9.78 Å². The van der Waals surface area contributed by atoms with E-state index < -0.39 is 0 Å². The lowest BCUT2D eigenvalue weighted by molar-refractivity contribution is 0.102. The first-order valence-electron chi connectivity index (χ1n) is 5.35. The second kappa shape index (κ2) is 5.06. The topological polar surface area (TPSA) is 68.0 Å². The maximum absolute atomic E-state index is 12.0. The number of nitrogens with two attached hydrogens (primary N) is 1. The molecule has 0 aliphatic heterocycles. The lowest BCUT2D eigenvalue weighted by Gasteiger charge is -2.09. The first-order chi connectivity index (χ1) is 8.58. The van der Waals surface area contributed by atoms with Crippen LogP contribution < -0.4 is 11.1 Å². The molecule has 0 fully saturated rings. The zero-order valence-electron chi connectivity index (χ0n) is 9.77. The molecule has 1 aromatic carbocycles. The molecule has 0 radical (unpaired) electrons. The zero-order chi connectivity index (χ0) is 13.1. The number of aryl methyl sites for hydroxylation is 1. The number of nitrogen functional groups attached to an aromatic ring is 1. The number of pyridine rings is 1. The summed E-state index contributed by atoms with van der Waals surface area (Å²) in [6.07, 6.45) is 3.26. The van der Waals surface area contributed by atoms with Crippen LogP contribution in [0.4, 0.5) is 11.4 Å². The van der Waals surface area contributed by atoms with E-state index in [0.717, 1.165) is 5.56 Å². The molecular formula is C13H12ClN3O. The predicted molar refractivity (Wildman–Crippen MR) is 72.8 cm³/mol. The van der Waals surface area contributed by atoms with Gasteiger partial charge in [0.2, 0.25) is 0 Å².